The Balaban J connectivity index is 2.41. The Bertz CT molecular complexity index is 807. The van der Waals surface area contributed by atoms with Crippen molar-refractivity contribution in [2.75, 3.05) is 19.7 Å². The Hall–Kier alpha value is -2.10. The van der Waals surface area contributed by atoms with E-state index in [-0.39, 0.29) is 17.4 Å². The highest BCUT2D eigenvalue weighted by Gasteiger charge is 2.28. The largest absolute Gasteiger partial charge is 0.490 e. The van der Waals surface area contributed by atoms with Crippen molar-refractivity contribution < 1.29 is 9.84 Å². The molecule has 0 saturated carbocycles. The van der Waals surface area contributed by atoms with Gasteiger partial charge in [-0.05, 0) is 47.1 Å². The number of nitrogens with one attached hydrogen (secondary N) is 1. The van der Waals surface area contributed by atoms with Gasteiger partial charge < -0.3 is 15.2 Å². The van der Waals surface area contributed by atoms with E-state index in [1.807, 2.05) is 6.07 Å². The van der Waals surface area contributed by atoms with Crippen LogP contribution in [0, 0.1) is 0 Å². The Labute approximate surface area is 189 Å². The van der Waals surface area contributed by atoms with E-state index >= 15 is 0 Å². The van der Waals surface area contributed by atoms with E-state index < -0.39 is 6.10 Å². The fraction of sp³-hybridized carbons (Fsp3) is 0.500. The summed E-state index contributed by atoms with van der Waals surface area (Å²) in [4.78, 5) is 0. The van der Waals surface area contributed by atoms with Gasteiger partial charge in [-0.1, -0.05) is 91.0 Å². The molecule has 31 heavy (non-hydrogen) atoms. The molecule has 0 aliphatic carbocycles. The summed E-state index contributed by atoms with van der Waals surface area (Å²) >= 11 is 0. The molecule has 2 aromatic carbocycles. The second-order valence-corrected chi connectivity index (χ2v) is 10.4. The summed E-state index contributed by atoms with van der Waals surface area (Å²) in [5.41, 5.74) is 4.51. The van der Waals surface area contributed by atoms with Crippen molar-refractivity contribution in [2.24, 2.45) is 0 Å². The Kier molecular flexibility index (Phi) is 8.90. The van der Waals surface area contributed by atoms with Crippen LogP contribution >= 0.6 is 0 Å². The zero-order chi connectivity index (χ0) is 23.1. The van der Waals surface area contributed by atoms with Gasteiger partial charge in [-0.3, -0.25) is 0 Å². The molecule has 1 atom stereocenters. The summed E-state index contributed by atoms with van der Waals surface area (Å²) in [7, 11) is 0. The van der Waals surface area contributed by atoms with Crippen molar-refractivity contribution in [1.82, 2.24) is 5.32 Å². The minimum absolute atomic E-state index is 0.0860. The zero-order valence-electron chi connectivity index (χ0n) is 20.5. The molecule has 2 N–H and O–H groups in total. The summed E-state index contributed by atoms with van der Waals surface area (Å²) in [6.07, 6.45) is 4.84. The van der Waals surface area contributed by atoms with Crippen molar-refractivity contribution in [3.8, 4) is 5.75 Å². The van der Waals surface area contributed by atoms with Gasteiger partial charge in [-0.25, -0.2) is 0 Å². The molecular weight excluding hydrogens is 382 g/mol. The quantitative estimate of drug-likeness (QED) is 0.373. The van der Waals surface area contributed by atoms with Gasteiger partial charge in [0.2, 0.25) is 0 Å². The van der Waals surface area contributed by atoms with Crippen molar-refractivity contribution in [3.63, 3.8) is 0 Å². The number of hydrogen-bond acceptors (Lipinski definition) is 3. The van der Waals surface area contributed by atoms with E-state index in [2.05, 4.69) is 102 Å². The molecule has 1 unspecified atom stereocenters. The first kappa shape index (κ1) is 25.2. The molecular formula is C28H41NO2. The molecule has 0 aromatic heterocycles. The van der Waals surface area contributed by atoms with Gasteiger partial charge in [0.05, 0.1) is 0 Å². The number of ether oxygens (including phenoxy) is 1. The first-order valence-electron chi connectivity index (χ1n) is 11.5. The van der Waals surface area contributed by atoms with Crippen LogP contribution < -0.4 is 10.1 Å². The van der Waals surface area contributed by atoms with Gasteiger partial charge in [0.15, 0.2) is 0 Å². The van der Waals surface area contributed by atoms with Gasteiger partial charge in [-0.15, -0.1) is 0 Å². The fourth-order valence-electron chi connectivity index (χ4n) is 3.46. The van der Waals surface area contributed by atoms with E-state index in [0.717, 1.165) is 24.3 Å². The van der Waals surface area contributed by atoms with Crippen LogP contribution in [0.5, 0.6) is 5.75 Å². The standard InChI is InChI=1S/C28H41NO2/c1-8-16-29-19-23(30)20-31-26-24(27(2,3)4)17-22(18-25(26)28(5,6)7)15-14-21-12-10-9-11-13-21/h9-15,17-18,23,29-30H,8,16,19-20H2,1-7H3/b15-14+. The third kappa shape index (κ3) is 7.83. The van der Waals surface area contributed by atoms with E-state index in [1.165, 1.54) is 16.7 Å². The number of benzene rings is 2. The summed E-state index contributed by atoms with van der Waals surface area (Å²) in [5.74, 6) is 0.909. The van der Waals surface area contributed by atoms with Crippen LogP contribution in [0.25, 0.3) is 12.2 Å². The van der Waals surface area contributed by atoms with Crippen LogP contribution in [0.4, 0.5) is 0 Å². The first-order valence-corrected chi connectivity index (χ1v) is 11.5. The third-order valence-corrected chi connectivity index (χ3v) is 5.22. The molecule has 0 radical (unpaired) electrons. The van der Waals surface area contributed by atoms with Crippen LogP contribution in [-0.4, -0.2) is 30.9 Å². The molecule has 3 nitrogen and oxygen atoms in total. The Morgan fingerprint density at radius 2 is 1.45 bits per heavy atom. The molecule has 0 amide bonds. The SMILES string of the molecule is CCCNCC(O)COc1c(C(C)(C)C)cc(/C=C/c2ccccc2)cc1C(C)(C)C. The van der Waals surface area contributed by atoms with Crippen molar-refractivity contribution in [2.45, 2.75) is 71.8 Å². The maximum absolute atomic E-state index is 10.4. The predicted molar refractivity (Wildman–Crippen MR) is 134 cm³/mol. The second kappa shape index (κ2) is 11.0. The third-order valence-electron chi connectivity index (χ3n) is 5.22. The van der Waals surface area contributed by atoms with Crippen molar-refractivity contribution in [1.29, 1.82) is 0 Å². The topological polar surface area (TPSA) is 41.5 Å². The molecule has 0 fully saturated rings. The summed E-state index contributed by atoms with van der Waals surface area (Å²) in [6, 6.07) is 14.8. The molecule has 2 rings (SSSR count). The summed E-state index contributed by atoms with van der Waals surface area (Å²) < 4.78 is 6.32. The van der Waals surface area contributed by atoms with Gasteiger partial charge in [0, 0.05) is 17.7 Å². The van der Waals surface area contributed by atoms with Crippen LogP contribution in [0.15, 0.2) is 42.5 Å². The van der Waals surface area contributed by atoms with Crippen molar-refractivity contribution >= 4 is 12.2 Å². The van der Waals surface area contributed by atoms with Crippen LogP contribution in [0.1, 0.15) is 77.1 Å². The lowest BCUT2D eigenvalue weighted by Crippen LogP contribution is -2.32. The van der Waals surface area contributed by atoms with Gasteiger partial charge >= 0.3 is 0 Å². The van der Waals surface area contributed by atoms with Crippen molar-refractivity contribution in [3.05, 3.63) is 64.7 Å². The van der Waals surface area contributed by atoms with Gasteiger partial charge in [0.25, 0.3) is 0 Å². The lowest BCUT2D eigenvalue weighted by molar-refractivity contribution is 0.104. The molecule has 0 saturated heterocycles. The highest BCUT2D eigenvalue weighted by molar-refractivity contribution is 5.71. The van der Waals surface area contributed by atoms with Gasteiger partial charge in [0.1, 0.15) is 18.5 Å². The first-order chi connectivity index (χ1) is 14.5. The molecule has 0 spiro atoms. The lowest BCUT2D eigenvalue weighted by Gasteiger charge is -2.31. The summed E-state index contributed by atoms with van der Waals surface area (Å²) in [6.45, 7) is 17.1. The average Bonchev–Trinajstić information content (AvgIpc) is 2.70. The molecule has 0 aliphatic heterocycles. The minimum atomic E-state index is -0.537. The average molecular weight is 424 g/mol. The Morgan fingerprint density at radius 1 is 0.903 bits per heavy atom. The molecule has 0 bridgehead atoms. The van der Waals surface area contributed by atoms with E-state index in [9.17, 15) is 5.11 Å². The fourth-order valence-corrected chi connectivity index (χ4v) is 3.46. The van der Waals surface area contributed by atoms with Crippen LogP contribution in [-0.2, 0) is 10.8 Å². The monoisotopic (exact) mass is 423 g/mol. The molecule has 170 valence electrons. The smallest absolute Gasteiger partial charge is 0.126 e. The van der Waals surface area contributed by atoms with Crippen LogP contribution in [0.3, 0.4) is 0 Å². The highest BCUT2D eigenvalue weighted by Crippen LogP contribution is 2.41. The lowest BCUT2D eigenvalue weighted by atomic mass is 9.78. The molecule has 3 heteroatoms. The number of aliphatic hydroxyl groups excluding tert-OH is 1. The van der Waals surface area contributed by atoms with E-state index in [1.54, 1.807) is 0 Å². The highest BCUT2D eigenvalue weighted by atomic mass is 16.5. The minimum Gasteiger partial charge on any atom is -0.490 e. The Morgan fingerprint density at radius 3 is 1.97 bits per heavy atom. The second-order valence-electron chi connectivity index (χ2n) is 10.4. The van der Waals surface area contributed by atoms with Crippen LogP contribution in [0.2, 0.25) is 0 Å². The molecule has 2 aromatic rings. The number of aliphatic hydroxyl groups is 1. The zero-order valence-corrected chi connectivity index (χ0v) is 20.5. The normalized spacial score (nSPS) is 13.5. The predicted octanol–water partition coefficient (Wildman–Crippen LogP) is 6.19. The molecule has 0 aliphatic rings. The summed E-state index contributed by atoms with van der Waals surface area (Å²) in [5, 5.41) is 13.7. The number of rotatable bonds is 9. The van der Waals surface area contributed by atoms with E-state index in [4.69, 9.17) is 4.74 Å². The maximum Gasteiger partial charge on any atom is 0.126 e. The maximum atomic E-state index is 10.4. The molecule has 0 heterocycles. The number of hydrogen-bond donors (Lipinski definition) is 2. The van der Waals surface area contributed by atoms with Gasteiger partial charge in [-0.2, -0.15) is 0 Å². The van der Waals surface area contributed by atoms with E-state index in [0.29, 0.717) is 6.54 Å².